The van der Waals surface area contributed by atoms with Gasteiger partial charge in [0.25, 0.3) is 0 Å². The van der Waals surface area contributed by atoms with Crippen molar-refractivity contribution in [3.63, 3.8) is 0 Å². The molecule has 0 aliphatic carbocycles. The van der Waals surface area contributed by atoms with E-state index in [-0.39, 0.29) is 29.9 Å². The highest BCUT2D eigenvalue weighted by atomic mass is 33.1. The molecule has 0 aliphatic rings. The van der Waals surface area contributed by atoms with Crippen LogP contribution in [0.4, 0.5) is 0 Å². The molecule has 1 N–H and O–H groups in total. The fraction of sp³-hybridized carbons (Fsp3) is 0.789. The van der Waals surface area contributed by atoms with Crippen molar-refractivity contribution < 1.29 is 28.7 Å². The van der Waals surface area contributed by atoms with Crippen LogP contribution in [0.3, 0.4) is 0 Å². The van der Waals surface area contributed by atoms with Crippen molar-refractivity contribution in [3.8, 4) is 0 Å². The maximum atomic E-state index is 12.2. The van der Waals surface area contributed by atoms with Crippen LogP contribution in [-0.2, 0) is 28.7 Å². The first-order valence-electron chi connectivity index (χ1n) is 9.44. The molecule has 0 saturated heterocycles. The second kappa shape index (κ2) is 16.9. The second-order valence-electron chi connectivity index (χ2n) is 6.51. The minimum atomic E-state index is -0.487. The van der Waals surface area contributed by atoms with Crippen molar-refractivity contribution >= 4 is 45.1 Å². The zero-order valence-electron chi connectivity index (χ0n) is 17.3. The molecule has 0 spiro atoms. The lowest BCUT2D eigenvalue weighted by Gasteiger charge is -2.15. The first-order chi connectivity index (χ1) is 13.3. The van der Waals surface area contributed by atoms with Crippen LogP contribution in [0.5, 0.6) is 0 Å². The predicted octanol–water partition coefficient (Wildman–Crippen LogP) is 2.81. The van der Waals surface area contributed by atoms with Gasteiger partial charge < -0.3 is 19.6 Å². The number of ketones is 2. The highest BCUT2D eigenvalue weighted by Gasteiger charge is 2.23. The summed E-state index contributed by atoms with van der Waals surface area (Å²) in [6, 6.07) is -0.413. The Hall–Kier alpha value is -1.06. The number of ether oxygens (including phenoxy) is 2. The number of methoxy groups -OCH3 is 2. The lowest BCUT2D eigenvalue weighted by Crippen LogP contribution is -2.37. The molecule has 7 nitrogen and oxygen atoms in total. The van der Waals surface area contributed by atoms with Crippen LogP contribution in [0, 0.1) is 5.92 Å². The molecular weight excluding hydrogens is 402 g/mol. The van der Waals surface area contributed by atoms with E-state index in [1.165, 1.54) is 35.8 Å². The predicted molar refractivity (Wildman–Crippen MR) is 113 cm³/mol. The quantitative estimate of drug-likeness (QED) is 0.210. The Kier molecular flexibility index (Phi) is 16.2. The standard InChI is InChI=1S/C19H33NO6S2/c1-14(21)9-7-5-6-8-10-16(22)11-15(18(23)25-3)12-27-28-13-17(20-2)19(24)26-4/h15,17,20H,5-13H2,1-4H3. The molecule has 0 aromatic heterocycles. The van der Waals surface area contributed by atoms with Crippen LogP contribution >= 0.6 is 21.6 Å². The first kappa shape index (κ1) is 26.9. The average Bonchev–Trinajstić information content (AvgIpc) is 2.68. The number of esters is 2. The maximum Gasteiger partial charge on any atom is 0.323 e. The van der Waals surface area contributed by atoms with Gasteiger partial charge in [-0.15, -0.1) is 0 Å². The lowest BCUT2D eigenvalue weighted by molar-refractivity contribution is -0.146. The molecule has 0 aromatic rings. The van der Waals surface area contributed by atoms with Gasteiger partial charge in [-0.1, -0.05) is 34.4 Å². The Morgan fingerprint density at radius 2 is 1.43 bits per heavy atom. The van der Waals surface area contributed by atoms with Gasteiger partial charge in [0.1, 0.15) is 17.6 Å². The van der Waals surface area contributed by atoms with Crippen LogP contribution in [0.2, 0.25) is 0 Å². The largest absolute Gasteiger partial charge is 0.469 e. The van der Waals surface area contributed by atoms with Crippen molar-refractivity contribution in [1.29, 1.82) is 0 Å². The number of carbonyl (C=O) groups is 4. The van der Waals surface area contributed by atoms with Crippen molar-refractivity contribution in [1.82, 2.24) is 5.32 Å². The van der Waals surface area contributed by atoms with Crippen molar-refractivity contribution in [2.24, 2.45) is 5.92 Å². The zero-order valence-corrected chi connectivity index (χ0v) is 18.9. The van der Waals surface area contributed by atoms with Crippen LogP contribution in [-0.4, -0.2) is 62.3 Å². The molecule has 0 saturated carbocycles. The average molecular weight is 436 g/mol. The molecule has 0 radical (unpaired) electrons. The van der Waals surface area contributed by atoms with Gasteiger partial charge >= 0.3 is 11.9 Å². The SMILES string of the molecule is CNC(CSSCC(CC(=O)CCCCCCC(C)=O)C(=O)OC)C(=O)OC. The Labute approximate surface area is 175 Å². The molecule has 28 heavy (non-hydrogen) atoms. The third-order valence-corrected chi connectivity index (χ3v) is 6.66. The fourth-order valence-corrected chi connectivity index (χ4v) is 4.99. The van der Waals surface area contributed by atoms with Gasteiger partial charge in [0.05, 0.1) is 20.1 Å². The van der Waals surface area contributed by atoms with Crippen molar-refractivity contribution in [2.75, 3.05) is 32.8 Å². The van der Waals surface area contributed by atoms with Crippen molar-refractivity contribution in [2.45, 2.75) is 57.9 Å². The minimum Gasteiger partial charge on any atom is -0.469 e. The molecular formula is C19H33NO6S2. The number of unbranched alkanes of at least 4 members (excludes halogenated alkanes) is 3. The lowest BCUT2D eigenvalue weighted by atomic mass is 10.00. The molecule has 0 aromatic carbocycles. The van der Waals surface area contributed by atoms with Crippen LogP contribution in [0.15, 0.2) is 0 Å². The summed E-state index contributed by atoms with van der Waals surface area (Å²) in [5.41, 5.74) is 0. The summed E-state index contributed by atoms with van der Waals surface area (Å²) in [4.78, 5) is 46.5. The minimum absolute atomic E-state index is 0.0511. The smallest absolute Gasteiger partial charge is 0.323 e. The molecule has 2 unspecified atom stereocenters. The van der Waals surface area contributed by atoms with Crippen molar-refractivity contribution in [3.05, 3.63) is 0 Å². The van der Waals surface area contributed by atoms with E-state index in [1.54, 1.807) is 14.0 Å². The molecule has 162 valence electrons. The van der Waals surface area contributed by atoms with Gasteiger partial charge in [-0.25, -0.2) is 0 Å². The second-order valence-corrected chi connectivity index (χ2v) is 9.06. The normalized spacial score (nSPS) is 12.9. The highest BCUT2D eigenvalue weighted by molar-refractivity contribution is 8.76. The number of nitrogens with one attached hydrogen (secondary N) is 1. The van der Waals surface area contributed by atoms with Crippen LogP contribution in [0.1, 0.15) is 51.9 Å². The summed E-state index contributed by atoms with van der Waals surface area (Å²) in [6.07, 6.45) is 4.68. The number of carbonyl (C=O) groups excluding carboxylic acids is 4. The number of likely N-dealkylation sites (N-methyl/N-ethyl adjacent to an activating group) is 1. The van der Waals surface area contributed by atoms with Gasteiger partial charge in [-0.05, 0) is 26.8 Å². The number of hydrogen-bond donors (Lipinski definition) is 1. The summed E-state index contributed by atoms with van der Waals surface area (Å²) in [7, 11) is 7.23. The van der Waals surface area contributed by atoms with E-state index in [1.807, 2.05) is 0 Å². The van der Waals surface area contributed by atoms with Gasteiger partial charge in [0.2, 0.25) is 0 Å². The van der Waals surface area contributed by atoms with E-state index in [0.717, 1.165) is 25.7 Å². The number of rotatable bonds is 17. The van der Waals surface area contributed by atoms with Crippen LogP contribution < -0.4 is 5.32 Å². The molecule has 0 fully saturated rings. The number of hydrogen-bond acceptors (Lipinski definition) is 9. The molecule has 0 heterocycles. The zero-order chi connectivity index (χ0) is 21.4. The third kappa shape index (κ3) is 13.2. The van der Waals surface area contributed by atoms with Gasteiger partial charge in [-0.2, -0.15) is 0 Å². The van der Waals surface area contributed by atoms with E-state index in [9.17, 15) is 19.2 Å². The highest BCUT2D eigenvalue weighted by Crippen LogP contribution is 2.27. The van der Waals surface area contributed by atoms with E-state index in [2.05, 4.69) is 5.32 Å². The van der Waals surface area contributed by atoms with E-state index in [4.69, 9.17) is 9.47 Å². The molecule has 2 atom stereocenters. The summed E-state index contributed by atoms with van der Waals surface area (Å²) in [5, 5.41) is 2.88. The summed E-state index contributed by atoms with van der Waals surface area (Å²) in [6.45, 7) is 1.58. The van der Waals surface area contributed by atoms with Gasteiger partial charge in [0, 0.05) is 30.8 Å². The molecule has 0 aliphatic heterocycles. The third-order valence-electron chi connectivity index (χ3n) is 4.16. The van der Waals surface area contributed by atoms with Gasteiger partial charge in [0.15, 0.2) is 0 Å². The van der Waals surface area contributed by atoms with E-state index in [0.29, 0.717) is 24.3 Å². The summed E-state index contributed by atoms with van der Waals surface area (Å²) < 4.78 is 9.52. The monoisotopic (exact) mass is 435 g/mol. The molecule has 0 rings (SSSR count). The van der Waals surface area contributed by atoms with E-state index < -0.39 is 12.0 Å². The topological polar surface area (TPSA) is 98.8 Å². The number of Topliss-reactive ketones (excluding diaryl/α,β-unsaturated/α-hetero) is 2. The van der Waals surface area contributed by atoms with E-state index >= 15 is 0 Å². The Morgan fingerprint density at radius 3 is 1.96 bits per heavy atom. The summed E-state index contributed by atoms with van der Waals surface area (Å²) in [5.74, 6) is -0.0244. The first-order valence-corrected chi connectivity index (χ1v) is 11.9. The maximum absolute atomic E-state index is 12.2. The molecule has 0 bridgehead atoms. The Bertz CT molecular complexity index is 501. The van der Waals surface area contributed by atoms with Gasteiger partial charge in [-0.3, -0.25) is 14.4 Å². The fourth-order valence-electron chi connectivity index (χ4n) is 2.46. The Morgan fingerprint density at radius 1 is 0.857 bits per heavy atom. The van der Waals surface area contributed by atoms with Crippen LogP contribution in [0.25, 0.3) is 0 Å². The summed E-state index contributed by atoms with van der Waals surface area (Å²) >= 11 is 0. The molecule has 0 amide bonds. The Balaban J connectivity index is 4.19. The molecule has 9 heteroatoms.